The summed E-state index contributed by atoms with van der Waals surface area (Å²) in [4.78, 5) is 19.6. The van der Waals surface area contributed by atoms with E-state index < -0.39 is 5.60 Å². The Labute approximate surface area is 118 Å². The van der Waals surface area contributed by atoms with Crippen molar-refractivity contribution >= 4 is 22.5 Å². The van der Waals surface area contributed by atoms with Gasteiger partial charge in [0.2, 0.25) is 0 Å². The molecule has 6 nitrogen and oxygen atoms in total. The number of hydrogen-bond acceptors (Lipinski definition) is 5. The molecule has 0 aliphatic carbocycles. The molecule has 0 bridgehead atoms. The maximum atomic E-state index is 11.8. The molecule has 0 aliphatic rings. The van der Waals surface area contributed by atoms with Crippen molar-refractivity contribution in [3.05, 3.63) is 11.1 Å². The Hall–Kier alpha value is -1.34. The fourth-order valence-corrected chi connectivity index (χ4v) is 2.29. The summed E-state index contributed by atoms with van der Waals surface area (Å²) >= 11 is 1.54. The monoisotopic (exact) mass is 286 g/mol. The van der Waals surface area contributed by atoms with Crippen LogP contribution in [0.1, 0.15) is 19.5 Å². The molecular weight excluding hydrogens is 264 g/mol. The minimum atomic E-state index is -0.898. The number of carbonyl (C=O) groups excluding carboxylic acids is 1. The highest BCUT2D eigenvalue weighted by molar-refractivity contribution is 7.13. The van der Waals surface area contributed by atoms with Crippen molar-refractivity contribution in [2.45, 2.75) is 26.0 Å². The summed E-state index contributed by atoms with van der Waals surface area (Å²) in [5, 5.41) is 15.3. The van der Waals surface area contributed by atoms with Crippen molar-refractivity contribution in [3.63, 3.8) is 0 Å². The van der Waals surface area contributed by atoms with Crippen LogP contribution in [0.4, 0.5) is 9.93 Å². The van der Waals surface area contributed by atoms with Crippen LogP contribution < -0.4 is 10.2 Å². The quantitative estimate of drug-likeness (QED) is 0.851. The maximum Gasteiger partial charge on any atom is 0.317 e. The van der Waals surface area contributed by atoms with E-state index in [2.05, 4.69) is 10.3 Å². The molecule has 0 radical (unpaired) electrons. The average Bonchev–Trinajstić information content (AvgIpc) is 2.72. The van der Waals surface area contributed by atoms with Crippen molar-refractivity contribution in [2.24, 2.45) is 0 Å². The highest BCUT2D eigenvalue weighted by atomic mass is 32.1. The van der Waals surface area contributed by atoms with E-state index in [1.165, 1.54) is 16.2 Å². The minimum absolute atomic E-state index is 0.221. The molecule has 2 amide bonds. The van der Waals surface area contributed by atoms with Crippen LogP contribution in [-0.4, -0.2) is 54.3 Å². The average molecular weight is 286 g/mol. The molecule has 1 rings (SSSR count). The van der Waals surface area contributed by atoms with E-state index in [1.807, 2.05) is 24.4 Å². The number of aromatic nitrogens is 1. The Morgan fingerprint density at radius 2 is 2.11 bits per heavy atom. The number of aliphatic hydroxyl groups is 1. The molecule has 2 N–H and O–H groups in total. The van der Waals surface area contributed by atoms with Gasteiger partial charge in [0.1, 0.15) is 0 Å². The van der Waals surface area contributed by atoms with Gasteiger partial charge in [-0.1, -0.05) is 0 Å². The summed E-state index contributed by atoms with van der Waals surface area (Å²) in [6, 6.07) is -0.221. The number of nitrogens with zero attached hydrogens (tertiary/aromatic N) is 3. The van der Waals surface area contributed by atoms with Gasteiger partial charge in [0.25, 0.3) is 0 Å². The van der Waals surface area contributed by atoms with Crippen molar-refractivity contribution in [1.82, 2.24) is 15.2 Å². The molecule has 19 heavy (non-hydrogen) atoms. The van der Waals surface area contributed by atoms with Crippen LogP contribution in [0, 0.1) is 0 Å². The molecule has 1 aromatic heterocycles. The molecule has 0 saturated heterocycles. The first kappa shape index (κ1) is 15.7. The third kappa shape index (κ3) is 5.44. The summed E-state index contributed by atoms with van der Waals surface area (Å²) < 4.78 is 0. The fourth-order valence-electron chi connectivity index (χ4n) is 1.54. The van der Waals surface area contributed by atoms with Gasteiger partial charge in [-0.3, -0.25) is 0 Å². The summed E-state index contributed by atoms with van der Waals surface area (Å²) in [5.41, 5.74) is -0.0659. The van der Waals surface area contributed by atoms with Gasteiger partial charge in [0.15, 0.2) is 5.13 Å². The van der Waals surface area contributed by atoms with E-state index in [4.69, 9.17) is 0 Å². The standard InChI is InChI=1S/C12H22N4O2S/c1-12(2,18)8-16(5)10(17)13-6-9-7-19-11(14-9)15(3)4/h7,18H,6,8H2,1-5H3,(H,13,17). The van der Waals surface area contributed by atoms with Crippen molar-refractivity contribution in [3.8, 4) is 0 Å². The molecule has 0 saturated carbocycles. The third-order valence-corrected chi connectivity index (χ3v) is 3.37. The Bertz CT molecular complexity index is 426. The second kappa shape index (κ2) is 6.21. The largest absolute Gasteiger partial charge is 0.389 e. The summed E-state index contributed by atoms with van der Waals surface area (Å²) in [6.45, 7) is 4.00. The van der Waals surface area contributed by atoms with Gasteiger partial charge in [0, 0.05) is 26.5 Å². The molecule has 0 spiro atoms. The third-order valence-electron chi connectivity index (χ3n) is 2.31. The van der Waals surface area contributed by atoms with Crippen LogP contribution in [0.5, 0.6) is 0 Å². The van der Waals surface area contributed by atoms with E-state index in [9.17, 15) is 9.90 Å². The van der Waals surface area contributed by atoms with Crippen molar-refractivity contribution in [2.75, 3.05) is 32.6 Å². The zero-order valence-electron chi connectivity index (χ0n) is 12.1. The smallest absolute Gasteiger partial charge is 0.317 e. The van der Waals surface area contributed by atoms with E-state index in [0.717, 1.165) is 10.8 Å². The number of anilines is 1. The van der Waals surface area contributed by atoms with E-state index in [1.54, 1.807) is 20.9 Å². The van der Waals surface area contributed by atoms with Gasteiger partial charge in [-0.25, -0.2) is 9.78 Å². The number of amides is 2. The molecule has 108 valence electrons. The molecular formula is C12H22N4O2S. The Morgan fingerprint density at radius 3 is 2.58 bits per heavy atom. The maximum absolute atomic E-state index is 11.8. The number of carbonyl (C=O) groups is 1. The van der Waals surface area contributed by atoms with Crippen LogP contribution in [0.2, 0.25) is 0 Å². The lowest BCUT2D eigenvalue weighted by Gasteiger charge is -2.25. The predicted octanol–water partition coefficient (Wildman–Crippen LogP) is 1.12. The van der Waals surface area contributed by atoms with Gasteiger partial charge in [-0.15, -0.1) is 11.3 Å². The number of urea groups is 1. The zero-order valence-corrected chi connectivity index (χ0v) is 12.9. The molecule has 7 heteroatoms. The Morgan fingerprint density at radius 1 is 1.47 bits per heavy atom. The fraction of sp³-hybridized carbons (Fsp3) is 0.667. The Kier molecular flexibility index (Phi) is 5.13. The molecule has 0 fully saturated rings. The summed E-state index contributed by atoms with van der Waals surface area (Å²) in [6.07, 6.45) is 0. The van der Waals surface area contributed by atoms with Gasteiger partial charge in [-0.2, -0.15) is 0 Å². The van der Waals surface area contributed by atoms with E-state index in [-0.39, 0.29) is 12.6 Å². The molecule has 0 atom stereocenters. The SMILES string of the molecule is CN(CC(C)(C)O)C(=O)NCc1csc(N(C)C)n1. The molecule has 1 aromatic rings. The normalized spacial score (nSPS) is 11.3. The zero-order chi connectivity index (χ0) is 14.6. The van der Waals surface area contributed by atoms with Gasteiger partial charge < -0.3 is 20.2 Å². The lowest BCUT2D eigenvalue weighted by molar-refractivity contribution is 0.0531. The topological polar surface area (TPSA) is 68.7 Å². The number of rotatable bonds is 5. The lowest BCUT2D eigenvalue weighted by atomic mass is 10.1. The number of thiazole rings is 1. The number of likely N-dealkylation sites (N-methyl/N-ethyl adjacent to an activating group) is 1. The first-order valence-corrected chi connectivity index (χ1v) is 6.90. The predicted molar refractivity (Wildman–Crippen MR) is 77.6 cm³/mol. The lowest BCUT2D eigenvalue weighted by Crippen LogP contribution is -2.44. The van der Waals surface area contributed by atoms with Gasteiger partial charge >= 0.3 is 6.03 Å². The van der Waals surface area contributed by atoms with Gasteiger partial charge in [-0.05, 0) is 13.8 Å². The Balaban J connectivity index is 2.45. The number of hydrogen-bond donors (Lipinski definition) is 2. The molecule has 0 unspecified atom stereocenters. The van der Waals surface area contributed by atoms with E-state index in [0.29, 0.717) is 6.54 Å². The highest BCUT2D eigenvalue weighted by Gasteiger charge is 2.19. The van der Waals surface area contributed by atoms with Crippen LogP contribution in [0.3, 0.4) is 0 Å². The van der Waals surface area contributed by atoms with Crippen LogP contribution in [0.15, 0.2) is 5.38 Å². The van der Waals surface area contributed by atoms with Crippen LogP contribution in [0.25, 0.3) is 0 Å². The summed E-state index contributed by atoms with van der Waals surface area (Å²) in [7, 11) is 5.51. The van der Waals surface area contributed by atoms with Crippen LogP contribution in [-0.2, 0) is 6.54 Å². The molecule has 1 heterocycles. The minimum Gasteiger partial charge on any atom is -0.389 e. The first-order valence-electron chi connectivity index (χ1n) is 6.02. The second-order valence-corrected chi connectivity index (χ2v) is 6.18. The first-order chi connectivity index (χ1) is 8.69. The molecule has 0 aliphatic heterocycles. The highest BCUT2D eigenvalue weighted by Crippen LogP contribution is 2.17. The second-order valence-electron chi connectivity index (χ2n) is 5.34. The van der Waals surface area contributed by atoms with Crippen molar-refractivity contribution in [1.29, 1.82) is 0 Å². The number of nitrogens with one attached hydrogen (secondary N) is 1. The van der Waals surface area contributed by atoms with Crippen molar-refractivity contribution < 1.29 is 9.90 Å². The molecule has 0 aromatic carbocycles. The van der Waals surface area contributed by atoms with E-state index >= 15 is 0 Å². The van der Waals surface area contributed by atoms with Crippen LogP contribution >= 0.6 is 11.3 Å². The van der Waals surface area contributed by atoms with Gasteiger partial charge in [0.05, 0.1) is 24.4 Å². The summed E-state index contributed by atoms with van der Waals surface area (Å²) in [5.74, 6) is 0.